The van der Waals surface area contributed by atoms with Crippen molar-refractivity contribution >= 4 is 17.2 Å². The van der Waals surface area contributed by atoms with E-state index in [0.29, 0.717) is 26.2 Å². The Bertz CT molecular complexity index is 924. The number of carbonyl (C=O) groups is 1. The molecule has 1 amide bonds. The maximum atomic E-state index is 12.5. The number of aromatic nitrogens is 2. The minimum absolute atomic E-state index is 0.0517. The zero-order valence-electron chi connectivity index (χ0n) is 16.6. The van der Waals surface area contributed by atoms with Gasteiger partial charge >= 0.3 is 0 Å². The van der Waals surface area contributed by atoms with Crippen LogP contribution in [0.5, 0.6) is 5.75 Å². The van der Waals surface area contributed by atoms with E-state index in [-0.39, 0.29) is 12.0 Å². The molecule has 1 unspecified atom stereocenters. The number of fused-ring (bicyclic) bond motifs is 1. The highest BCUT2D eigenvalue weighted by molar-refractivity contribution is 7.07. The summed E-state index contributed by atoms with van der Waals surface area (Å²) in [6.07, 6.45) is 6.31. The van der Waals surface area contributed by atoms with Crippen LogP contribution in [-0.4, -0.2) is 40.0 Å². The van der Waals surface area contributed by atoms with E-state index in [1.807, 2.05) is 16.8 Å². The van der Waals surface area contributed by atoms with Gasteiger partial charge in [0.1, 0.15) is 11.9 Å². The third kappa shape index (κ3) is 5.25. The fourth-order valence-corrected chi connectivity index (χ4v) is 4.30. The zero-order chi connectivity index (χ0) is 20.1. The Hall–Kier alpha value is -2.64. The first-order valence-corrected chi connectivity index (χ1v) is 10.8. The van der Waals surface area contributed by atoms with Crippen LogP contribution < -0.4 is 10.1 Å². The van der Waals surface area contributed by atoms with Crippen molar-refractivity contribution in [3.63, 3.8) is 0 Å². The number of benzene rings is 1. The Labute approximate surface area is 175 Å². The summed E-state index contributed by atoms with van der Waals surface area (Å²) in [4.78, 5) is 18.8. The quantitative estimate of drug-likeness (QED) is 0.607. The molecule has 1 atom stereocenters. The van der Waals surface area contributed by atoms with Gasteiger partial charge in [0.05, 0.1) is 12.9 Å². The lowest BCUT2D eigenvalue weighted by Gasteiger charge is -2.23. The Kier molecular flexibility index (Phi) is 6.27. The topological polar surface area (TPSA) is 59.4 Å². The van der Waals surface area contributed by atoms with Crippen LogP contribution in [0, 0.1) is 6.92 Å². The van der Waals surface area contributed by atoms with Crippen LogP contribution in [0.1, 0.15) is 29.2 Å². The largest absolute Gasteiger partial charge is 0.484 e. The normalized spacial score (nSPS) is 16.7. The van der Waals surface area contributed by atoms with Crippen molar-refractivity contribution in [3.8, 4) is 5.75 Å². The van der Waals surface area contributed by atoms with Crippen LogP contribution in [0.15, 0.2) is 53.7 Å². The van der Waals surface area contributed by atoms with E-state index in [1.54, 1.807) is 23.9 Å². The van der Waals surface area contributed by atoms with Gasteiger partial charge in [0.2, 0.25) is 5.91 Å². The minimum atomic E-state index is -0.0701. The number of nitrogens with one attached hydrogen (secondary N) is 1. The van der Waals surface area contributed by atoms with Gasteiger partial charge in [0, 0.05) is 49.7 Å². The van der Waals surface area contributed by atoms with Gasteiger partial charge in [0.15, 0.2) is 0 Å². The highest BCUT2D eigenvalue weighted by Crippen LogP contribution is 2.32. The molecule has 0 saturated heterocycles. The van der Waals surface area contributed by atoms with E-state index in [2.05, 4.69) is 51.1 Å². The monoisotopic (exact) mass is 410 g/mol. The molecule has 29 heavy (non-hydrogen) atoms. The summed E-state index contributed by atoms with van der Waals surface area (Å²) in [5, 5.41) is 7.23. The van der Waals surface area contributed by atoms with Gasteiger partial charge in [0.25, 0.3) is 0 Å². The third-order valence-corrected chi connectivity index (χ3v) is 5.76. The predicted molar refractivity (Wildman–Crippen MR) is 114 cm³/mol. The predicted octanol–water partition coefficient (Wildman–Crippen LogP) is 3.40. The Balaban J connectivity index is 1.38. The van der Waals surface area contributed by atoms with Gasteiger partial charge in [-0.25, -0.2) is 4.98 Å². The van der Waals surface area contributed by atoms with Gasteiger partial charge in [-0.3, -0.25) is 9.69 Å². The molecule has 0 aliphatic carbocycles. The second kappa shape index (κ2) is 9.24. The Morgan fingerprint density at radius 2 is 2.31 bits per heavy atom. The highest BCUT2D eigenvalue weighted by Gasteiger charge is 2.25. The van der Waals surface area contributed by atoms with Crippen LogP contribution in [0.3, 0.4) is 0 Å². The van der Waals surface area contributed by atoms with Crippen molar-refractivity contribution in [1.29, 1.82) is 0 Å². The minimum Gasteiger partial charge on any atom is -0.484 e. The molecule has 0 saturated carbocycles. The number of hydrogen-bond donors (Lipinski definition) is 1. The lowest BCUT2D eigenvalue weighted by Crippen LogP contribution is -2.39. The van der Waals surface area contributed by atoms with Crippen LogP contribution in [0.4, 0.5) is 0 Å². The molecule has 3 heterocycles. The first kappa shape index (κ1) is 19.7. The zero-order valence-corrected chi connectivity index (χ0v) is 17.4. The molecule has 0 radical (unpaired) electrons. The van der Waals surface area contributed by atoms with E-state index < -0.39 is 0 Å². The summed E-state index contributed by atoms with van der Waals surface area (Å²) in [6.45, 7) is 5.35. The fraction of sp³-hybridized carbons (Fsp3) is 0.364. The molecule has 7 heteroatoms. The van der Waals surface area contributed by atoms with E-state index in [1.165, 1.54) is 5.56 Å². The average molecular weight is 411 g/mol. The van der Waals surface area contributed by atoms with Crippen LogP contribution in [-0.2, 0) is 17.9 Å². The van der Waals surface area contributed by atoms with Crippen LogP contribution in [0.25, 0.3) is 0 Å². The first-order valence-electron chi connectivity index (χ1n) is 9.90. The van der Waals surface area contributed by atoms with Crippen molar-refractivity contribution < 1.29 is 9.53 Å². The van der Waals surface area contributed by atoms with E-state index >= 15 is 0 Å². The van der Waals surface area contributed by atoms with Crippen LogP contribution in [0.2, 0.25) is 0 Å². The molecule has 2 aromatic heterocycles. The Morgan fingerprint density at radius 1 is 1.38 bits per heavy atom. The number of amides is 1. The molecule has 0 fully saturated rings. The van der Waals surface area contributed by atoms with Gasteiger partial charge in [-0.15, -0.1) is 0 Å². The molecule has 0 bridgehead atoms. The number of rotatable bonds is 7. The average Bonchev–Trinajstić information content (AvgIpc) is 3.38. The Morgan fingerprint density at radius 3 is 3.10 bits per heavy atom. The molecule has 4 rings (SSSR count). The molecular formula is C22H26N4O2S. The molecule has 0 spiro atoms. The number of hydrogen-bond acceptors (Lipinski definition) is 5. The van der Waals surface area contributed by atoms with Gasteiger partial charge < -0.3 is 14.6 Å². The number of ether oxygens (including phenoxy) is 1. The second-order valence-corrected chi connectivity index (χ2v) is 8.23. The van der Waals surface area contributed by atoms with Crippen molar-refractivity contribution in [2.45, 2.75) is 32.5 Å². The summed E-state index contributed by atoms with van der Waals surface area (Å²) in [6, 6.07) is 8.38. The molecular weight excluding hydrogens is 384 g/mol. The van der Waals surface area contributed by atoms with Crippen molar-refractivity contribution in [3.05, 3.63) is 70.4 Å². The van der Waals surface area contributed by atoms with Crippen molar-refractivity contribution in [2.24, 2.45) is 0 Å². The van der Waals surface area contributed by atoms with Gasteiger partial charge in [-0.2, -0.15) is 11.3 Å². The molecule has 1 N–H and O–H groups in total. The smallest absolute Gasteiger partial charge is 0.234 e. The summed E-state index contributed by atoms with van der Waals surface area (Å²) >= 11 is 1.67. The van der Waals surface area contributed by atoms with Crippen molar-refractivity contribution in [2.75, 3.05) is 19.6 Å². The molecule has 1 aromatic carbocycles. The molecule has 6 nitrogen and oxygen atoms in total. The molecule has 1 aliphatic rings. The van der Waals surface area contributed by atoms with E-state index in [0.717, 1.165) is 29.8 Å². The first-order chi connectivity index (χ1) is 14.2. The lowest BCUT2D eigenvalue weighted by molar-refractivity contribution is -0.122. The van der Waals surface area contributed by atoms with Crippen molar-refractivity contribution in [1.82, 2.24) is 19.8 Å². The van der Waals surface area contributed by atoms with Crippen LogP contribution >= 0.6 is 11.3 Å². The maximum Gasteiger partial charge on any atom is 0.234 e. The number of thiophene rings is 1. The third-order valence-electron chi connectivity index (χ3n) is 5.06. The summed E-state index contributed by atoms with van der Waals surface area (Å²) in [5.41, 5.74) is 3.50. The highest BCUT2D eigenvalue weighted by atomic mass is 32.1. The summed E-state index contributed by atoms with van der Waals surface area (Å²) in [7, 11) is 0. The molecule has 152 valence electrons. The summed E-state index contributed by atoms with van der Waals surface area (Å²) < 4.78 is 8.35. The van der Waals surface area contributed by atoms with Gasteiger partial charge in [-0.05, 0) is 36.2 Å². The number of aryl methyl sites for hydroxylation is 2. The maximum absolute atomic E-state index is 12.5. The standard InChI is InChI=1S/C22H26N4O2S/c1-17-3-4-20-19(11-17)12-26(13-21(28-20)18-5-10-29-15-18)14-22(27)24-6-2-8-25-9-7-23-16-25/h3-5,7,9-11,15-16,21H,2,6,8,12-14H2,1H3,(H,24,27). The number of nitrogens with zero attached hydrogens (tertiary/aromatic N) is 3. The summed E-state index contributed by atoms with van der Waals surface area (Å²) in [5.74, 6) is 0.964. The van der Waals surface area contributed by atoms with E-state index in [4.69, 9.17) is 4.74 Å². The molecule has 3 aromatic rings. The van der Waals surface area contributed by atoms with E-state index in [9.17, 15) is 4.79 Å². The number of carbonyl (C=O) groups excluding carboxylic acids is 1. The number of imidazole rings is 1. The fourth-order valence-electron chi connectivity index (χ4n) is 3.60. The molecule has 1 aliphatic heterocycles. The lowest BCUT2D eigenvalue weighted by atomic mass is 10.1. The SMILES string of the molecule is Cc1ccc2c(c1)CN(CC(=O)NCCCn1ccnc1)CC(c1ccsc1)O2. The van der Waals surface area contributed by atoms with Gasteiger partial charge in [-0.1, -0.05) is 17.7 Å². The second-order valence-electron chi connectivity index (χ2n) is 7.45.